The van der Waals surface area contributed by atoms with Crippen LogP contribution in [0.3, 0.4) is 0 Å². The first-order chi connectivity index (χ1) is 8.95. The molecule has 0 amide bonds. The number of anilines is 1. The summed E-state index contributed by atoms with van der Waals surface area (Å²) >= 11 is 0. The Bertz CT molecular complexity index is 532. The topological polar surface area (TPSA) is 90.5 Å². The molecule has 8 heteroatoms. The highest BCUT2D eigenvalue weighted by Gasteiger charge is 2.32. The fraction of sp³-hybridized carbons (Fsp3) is 0.727. The van der Waals surface area contributed by atoms with E-state index in [1.165, 1.54) is 15.2 Å². The molecule has 108 valence electrons. The van der Waals surface area contributed by atoms with Gasteiger partial charge in [0, 0.05) is 32.9 Å². The van der Waals surface area contributed by atoms with Crippen molar-refractivity contribution in [2.75, 3.05) is 25.4 Å². The highest BCUT2D eigenvalue weighted by atomic mass is 32.2. The van der Waals surface area contributed by atoms with Gasteiger partial charge in [0.25, 0.3) is 0 Å². The molecule has 1 aromatic rings. The first-order valence-electron chi connectivity index (χ1n) is 6.36. The summed E-state index contributed by atoms with van der Waals surface area (Å²) < 4.78 is 33.3. The maximum Gasteiger partial charge on any atom is 0.248 e. The van der Waals surface area contributed by atoms with Crippen molar-refractivity contribution in [2.45, 2.75) is 30.8 Å². The molecule has 0 bridgehead atoms. The van der Waals surface area contributed by atoms with Gasteiger partial charge in [-0.15, -0.1) is 0 Å². The van der Waals surface area contributed by atoms with E-state index in [-0.39, 0.29) is 16.8 Å². The molecule has 0 unspecified atom stereocenters. The van der Waals surface area contributed by atoms with Gasteiger partial charge in [0.1, 0.15) is 4.90 Å². The van der Waals surface area contributed by atoms with E-state index in [9.17, 15) is 8.42 Å². The number of piperidine rings is 1. The van der Waals surface area contributed by atoms with Crippen molar-refractivity contribution in [2.24, 2.45) is 7.05 Å². The van der Waals surface area contributed by atoms with Crippen LogP contribution in [-0.4, -0.2) is 48.3 Å². The number of nitrogen functional groups attached to an aromatic ring is 1. The van der Waals surface area contributed by atoms with Gasteiger partial charge in [0.15, 0.2) is 5.82 Å². The molecule has 2 N–H and O–H groups in total. The number of nitrogens with two attached hydrogens (primary N) is 1. The van der Waals surface area contributed by atoms with Crippen LogP contribution >= 0.6 is 0 Å². The minimum absolute atomic E-state index is 0.0504. The quantitative estimate of drug-likeness (QED) is 0.854. The van der Waals surface area contributed by atoms with Crippen LogP contribution in [0, 0.1) is 0 Å². The molecule has 1 saturated heterocycles. The zero-order valence-electron chi connectivity index (χ0n) is 11.2. The summed E-state index contributed by atoms with van der Waals surface area (Å²) in [6, 6.07) is 0. The van der Waals surface area contributed by atoms with Crippen LogP contribution < -0.4 is 5.73 Å². The molecular weight excluding hydrogens is 268 g/mol. The van der Waals surface area contributed by atoms with E-state index < -0.39 is 10.0 Å². The smallest absolute Gasteiger partial charge is 0.248 e. The molecule has 0 aliphatic carbocycles. The molecule has 1 aliphatic heterocycles. The lowest BCUT2D eigenvalue weighted by molar-refractivity contribution is 0.0290. The molecule has 7 nitrogen and oxygen atoms in total. The van der Waals surface area contributed by atoms with Gasteiger partial charge in [0.05, 0.1) is 6.10 Å². The Morgan fingerprint density at radius 1 is 1.47 bits per heavy atom. The summed E-state index contributed by atoms with van der Waals surface area (Å²) in [5.74, 6) is 0.0504. The van der Waals surface area contributed by atoms with E-state index in [0.29, 0.717) is 32.5 Å². The van der Waals surface area contributed by atoms with Crippen LogP contribution in [0.15, 0.2) is 11.1 Å². The van der Waals surface area contributed by atoms with Crippen molar-refractivity contribution in [1.29, 1.82) is 0 Å². The van der Waals surface area contributed by atoms with Crippen LogP contribution in [0.2, 0.25) is 0 Å². The van der Waals surface area contributed by atoms with Gasteiger partial charge in [-0.1, -0.05) is 0 Å². The summed E-state index contributed by atoms with van der Waals surface area (Å²) in [5, 5.41) is 3.88. The van der Waals surface area contributed by atoms with Crippen molar-refractivity contribution in [3.63, 3.8) is 0 Å². The zero-order valence-corrected chi connectivity index (χ0v) is 12.1. The van der Waals surface area contributed by atoms with Gasteiger partial charge in [-0.25, -0.2) is 8.42 Å². The zero-order chi connectivity index (χ0) is 14.0. The summed E-state index contributed by atoms with van der Waals surface area (Å²) in [6.07, 6.45) is 3.03. The fourth-order valence-electron chi connectivity index (χ4n) is 2.30. The monoisotopic (exact) mass is 288 g/mol. The minimum Gasteiger partial charge on any atom is -0.381 e. The lowest BCUT2D eigenvalue weighted by atomic mass is 10.1. The molecule has 0 saturated carbocycles. The lowest BCUT2D eigenvalue weighted by Gasteiger charge is -2.30. The second kappa shape index (κ2) is 5.48. The van der Waals surface area contributed by atoms with Crippen molar-refractivity contribution < 1.29 is 13.2 Å². The number of rotatable bonds is 4. The Morgan fingerprint density at radius 2 is 2.11 bits per heavy atom. The van der Waals surface area contributed by atoms with E-state index in [1.54, 1.807) is 7.05 Å². The fourth-order valence-corrected chi connectivity index (χ4v) is 3.86. The van der Waals surface area contributed by atoms with Crippen LogP contribution in [0.25, 0.3) is 0 Å². The second-order valence-corrected chi connectivity index (χ2v) is 6.52. The average Bonchev–Trinajstić information content (AvgIpc) is 2.70. The molecule has 1 aromatic heterocycles. The highest BCUT2D eigenvalue weighted by molar-refractivity contribution is 7.89. The highest BCUT2D eigenvalue weighted by Crippen LogP contribution is 2.24. The Labute approximate surface area is 113 Å². The Hall–Kier alpha value is -1.12. The van der Waals surface area contributed by atoms with Gasteiger partial charge >= 0.3 is 0 Å². The van der Waals surface area contributed by atoms with Gasteiger partial charge in [-0.3, -0.25) is 4.68 Å². The summed E-state index contributed by atoms with van der Waals surface area (Å²) in [7, 11) is -1.89. The number of ether oxygens (including phenoxy) is 1. The normalized spacial score (nSPS) is 18.8. The van der Waals surface area contributed by atoms with Gasteiger partial charge in [-0.2, -0.15) is 9.40 Å². The van der Waals surface area contributed by atoms with Crippen molar-refractivity contribution in [3.8, 4) is 0 Å². The largest absolute Gasteiger partial charge is 0.381 e. The van der Waals surface area contributed by atoms with E-state index in [1.807, 2.05) is 6.92 Å². The van der Waals surface area contributed by atoms with Crippen LogP contribution in [-0.2, 0) is 21.8 Å². The first kappa shape index (κ1) is 14.3. The number of hydrogen-bond donors (Lipinski definition) is 1. The van der Waals surface area contributed by atoms with Crippen LogP contribution in [0.4, 0.5) is 5.82 Å². The standard InChI is InChI=1S/C11H20N4O3S/c1-3-18-9-4-6-15(7-5-9)19(16,17)10-8-14(2)13-11(10)12/h8-9H,3-7H2,1-2H3,(H2,12,13). The molecule has 2 rings (SSSR count). The molecule has 0 spiro atoms. The molecule has 0 aromatic carbocycles. The number of aryl methyl sites for hydroxylation is 1. The third-order valence-corrected chi connectivity index (χ3v) is 5.16. The first-order valence-corrected chi connectivity index (χ1v) is 7.80. The molecule has 0 radical (unpaired) electrons. The Morgan fingerprint density at radius 3 is 2.58 bits per heavy atom. The van der Waals surface area contributed by atoms with Gasteiger partial charge in [0.2, 0.25) is 10.0 Å². The lowest BCUT2D eigenvalue weighted by Crippen LogP contribution is -2.40. The SMILES string of the molecule is CCOC1CCN(S(=O)(=O)c2cn(C)nc2N)CC1. The molecular formula is C11H20N4O3S. The van der Waals surface area contributed by atoms with E-state index in [4.69, 9.17) is 10.5 Å². The predicted octanol–water partition coefficient (Wildman–Crippen LogP) is 0.192. The van der Waals surface area contributed by atoms with E-state index in [2.05, 4.69) is 5.10 Å². The maximum atomic E-state index is 12.4. The molecule has 1 fully saturated rings. The molecule has 0 atom stereocenters. The van der Waals surface area contributed by atoms with Crippen LogP contribution in [0.5, 0.6) is 0 Å². The maximum absolute atomic E-state index is 12.4. The van der Waals surface area contributed by atoms with Crippen LogP contribution in [0.1, 0.15) is 19.8 Å². The number of sulfonamides is 1. The summed E-state index contributed by atoms with van der Waals surface area (Å²) in [4.78, 5) is 0.0878. The minimum atomic E-state index is -3.54. The van der Waals surface area contributed by atoms with Gasteiger partial charge < -0.3 is 10.5 Å². The molecule has 2 heterocycles. The summed E-state index contributed by atoms with van der Waals surface area (Å²) in [6.45, 7) is 3.52. The second-order valence-electron chi connectivity index (χ2n) is 4.61. The van der Waals surface area contributed by atoms with Gasteiger partial charge in [-0.05, 0) is 19.8 Å². The number of aromatic nitrogens is 2. The van der Waals surface area contributed by atoms with E-state index in [0.717, 1.165) is 0 Å². The predicted molar refractivity (Wildman–Crippen MR) is 71.0 cm³/mol. The van der Waals surface area contributed by atoms with E-state index >= 15 is 0 Å². The van der Waals surface area contributed by atoms with Crippen molar-refractivity contribution in [1.82, 2.24) is 14.1 Å². The van der Waals surface area contributed by atoms with Crippen molar-refractivity contribution >= 4 is 15.8 Å². The third-order valence-electron chi connectivity index (χ3n) is 3.24. The number of nitrogens with zero attached hydrogens (tertiary/aromatic N) is 3. The average molecular weight is 288 g/mol. The molecule has 1 aliphatic rings. The Balaban J connectivity index is 2.12. The third kappa shape index (κ3) is 2.90. The summed E-state index contributed by atoms with van der Waals surface area (Å²) in [5.41, 5.74) is 5.65. The molecule has 19 heavy (non-hydrogen) atoms. The van der Waals surface area contributed by atoms with Crippen molar-refractivity contribution in [3.05, 3.63) is 6.20 Å². The Kier molecular flexibility index (Phi) is 4.12. The number of hydrogen-bond acceptors (Lipinski definition) is 5.